The Kier molecular flexibility index (Phi) is 3.10. The van der Waals surface area contributed by atoms with Crippen molar-refractivity contribution in [3.63, 3.8) is 0 Å². The summed E-state index contributed by atoms with van der Waals surface area (Å²) in [6.45, 7) is 0.0731. The van der Waals surface area contributed by atoms with Crippen LogP contribution in [0.3, 0.4) is 0 Å². The molecule has 0 aromatic rings. The Bertz CT molecular complexity index is 163. The van der Waals surface area contributed by atoms with Crippen molar-refractivity contribution in [3.8, 4) is 0 Å². The molecule has 0 aliphatic rings. The molecule has 2 atom stereocenters. The Balaban J connectivity index is 3.75. The number of hydrogen-bond donors (Lipinski definition) is 3. The van der Waals surface area contributed by atoms with Gasteiger partial charge in [0.1, 0.15) is 0 Å². The Morgan fingerprint density at radius 2 is 2.33 bits per heavy atom. The lowest BCUT2D eigenvalue weighted by Gasteiger charge is -2.05. The molecule has 5 heteroatoms. The number of hydrogen-bond acceptors (Lipinski definition) is 4. The van der Waals surface area contributed by atoms with Gasteiger partial charge in [0, 0.05) is 22.5 Å². The normalized spacial score (nSPS) is 20.8. The van der Waals surface area contributed by atoms with Crippen LogP contribution in [0.1, 0.15) is 0 Å². The monoisotopic (exact) mass is 152 g/mol. The molecular weight excluding hydrogens is 140 g/mol. The van der Waals surface area contributed by atoms with E-state index in [4.69, 9.17) is 15.6 Å². The molecule has 2 unspecified atom stereocenters. The van der Waals surface area contributed by atoms with Crippen molar-refractivity contribution in [2.75, 3.05) is 18.6 Å². The highest BCUT2D eigenvalue weighted by Crippen LogP contribution is 1.88. The van der Waals surface area contributed by atoms with Gasteiger partial charge in [0.2, 0.25) is 0 Å². The number of nitrogens with two attached hydrogens (primary N) is 1. The van der Waals surface area contributed by atoms with Crippen LogP contribution in [0.15, 0.2) is 0 Å². The molecule has 0 rings (SSSR count). The zero-order valence-electron chi connectivity index (χ0n) is 5.33. The molecule has 0 amide bonds. The number of nitrogens with one attached hydrogen (secondary N) is 1. The largest absolute Gasteiger partial charge is 0.391 e. The Morgan fingerprint density at radius 3 is 2.44 bits per heavy atom. The fourth-order valence-corrected chi connectivity index (χ4v) is 1.31. The molecule has 4 nitrogen and oxygen atoms in total. The van der Waals surface area contributed by atoms with Crippen LogP contribution in [0.5, 0.6) is 0 Å². The van der Waals surface area contributed by atoms with Gasteiger partial charge in [-0.05, 0) is 0 Å². The summed E-state index contributed by atoms with van der Waals surface area (Å²) in [6, 6.07) is 0. The molecule has 4 N–H and O–H groups in total. The van der Waals surface area contributed by atoms with Crippen LogP contribution in [0.4, 0.5) is 0 Å². The molecule has 0 bridgehead atoms. The van der Waals surface area contributed by atoms with Gasteiger partial charge in [-0.15, -0.1) is 0 Å². The Labute approximate surface area is 55.0 Å². The second kappa shape index (κ2) is 3.14. The Morgan fingerprint density at radius 1 is 1.89 bits per heavy atom. The van der Waals surface area contributed by atoms with Gasteiger partial charge < -0.3 is 10.8 Å². The van der Waals surface area contributed by atoms with Crippen LogP contribution in [-0.2, 0) is 9.73 Å². The summed E-state index contributed by atoms with van der Waals surface area (Å²) < 4.78 is 17.5. The van der Waals surface area contributed by atoms with E-state index in [1.54, 1.807) is 0 Å². The molecular formula is C4H12N2O2S. The van der Waals surface area contributed by atoms with E-state index in [2.05, 4.69) is 0 Å². The predicted molar refractivity (Wildman–Crippen MR) is 36.7 cm³/mol. The van der Waals surface area contributed by atoms with Crippen LogP contribution in [0, 0.1) is 4.78 Å². The summed E-state index contributed by atoms with van der Waals surface area (Å²) >= 11 is 0. The average Bonchev–Trinajstić information content (AvgIpc) is 1.62. The van der Waals surface area contributed by atoms with Gasteiger partial charge >= 0.3 is 0 Å². The summed E-state index contributed by atoms with van der Waals surface area (Å²) in [5, 5.41) is 8.77. The van der Waals surface area contributed by atoms with E-state index in [1.807, 2.05) is 0 Å². The third-order valence-electron chi connectivity index (χ3n) is 0.783. The maximum atomic E-state index is 10.6. The summed E-state index contributed by atoms with van der Waals surface area (Å²) in [5.41, 5.74) is 5.02. The first-order valence-electron chi connectivity index (χ1n) is 2.55. The minimum absolute atomic E-state index is 0.0243. The van der Waals surface area contributed by atoms with Crippen molar-refractivity contribution in [3.05, 3.63) is 0 Å². The summed E-state index contributed by atoms with van der Waals surface area (Å²) in [4.78, 5) is 0. The molecule has 0 aliphatic carbocycles. The number of aliphatic hydroxyl groups excluding tert-OH is 1. The van der Waals surface area contributed by atoms with Gasteiger partial charge in [0.05, 0.1) is 11.9 Å². The second-order valence-corrected chi connectivity index (χ2v) is 4.40. The van der Waals surface area contributed by atoms with Crippen LogP contribution in [-0.4, -0.2) is 34.0 Å². The van der Waals surface area contributed by atoms with Crippen LogP contribution >= 0.6 is 0 Å². The van der Waals surface area contributed by atoms with Crippen molar-refractivity contribution in [1.82, 2.24) is 0 Å². The molecule has 0 fully saturated rings. The van der Waals surface area contributed by atoms with Gasteiger partial charge in [-0.3, -0.25) is 8.99 Å². The zero-order valence-corrected chi connectivity index (χ0v) is 6.15. The first-order valence-corrected chi connectivity index (χ1v) is 4.69. The number of rotatable bonds is 3. The molecule has 0 aromatic carbocycles. The van der Waals surface area contributed by atoms with Crippen LogP contribution in [0.2, 0.25) is 0 Å². The minimum Gasteiger partial charge on any atom is -0.391 e. The molecule has 0 radical (unpaired) electrons. The van der Waals surface area contributed by atoms with Crippen LogP contribution < -0.4 is 5.73 Å². The fraction of sp³-hybridized carbons (Fsp3) is 1.00. The predicted octanol–water partition coefficient (Wildman–Crippen LogP) is -1.02. The third kappa shape index (κ3) is 5.75. The van der Waals surface area contributed by atoms with Crippen molar-refractivity contribution >= 4 is 9.73 Å². The standard InChI is InChI=1S/C4H12N2O2S/c1-9(6,8)3-4(7)2-5/h4,6-7H,2-3,5H2,1H3. The van der Waals surface area contributed by atoms with Crippen molar-refractivity contribution in [2.45, 2.75) is 6.10 Å². The molecule has 0 saturated heterocycles. The van der Waals surface area contributed by atoms with E-state index in [0.29, 0.717) is 0 Å². The van der Waals surface area contributed by atoms with E-state index in [1.165, 1.54) is 6.26 Å². The quantitative estimate of drug-likeness (QED) is 0.484. The minimum atomic E-state index is -2.57. The highest BCUT2D eigenvalue weighted by Gasteiger charge is 2.05. The molecule has 0 saturated carbocycles. The van der Waals surface area contributed by atoms with Gasteiger partial charge in [-0.25, -0.2) is 0 Å². The lowest BCUT2D eigenvalue weighted by atomic mass is 10.4. The molecule has 56 valence electrons. The first-order chi connectivity index (χ1) is 3.95. The van der Waals surface area contributed by atoms with Crippen LogP contribution in [0.25, 0.3) is 0 Å². The molecule has 9 heavy (non-hydrogen) atoms. The van der Waals surface area contributed by atoms with Gasteiger partial charge in [0.25, 0.3) is 0 Å². The average molecular weight is 152 g/mol. The van der Waals surface area contributed by atoms with Crippen molar-refractivity contribution in [2.24, 2.45) is 5.73 Å². The molecule has 0 aromatic heterocycles. The molecule has 0 aliphatic heterocycles. The van der Waals surface area contributed by atoms with Crippen molar-refractivity contribution in [1.29, 1.82) is 4.78 Å². The lowest BCUT2D eigenvalue weighted by Crippen LogP contribution is -2.27. The third-order valence-corrected chi connectivity index (χ3v) is 1.80. The Hall–Kier alpha value is -0.130. The maximum Gasteiger partial charge on any atom is 0.0785 e. The van der Waals surface area contributed by atoms with E-state index >= 15 is 0 Å². The van der Waals surface area contributed by atoms with Crippen molar-refractivity contribution < 1.29 is 9.32 Å². The zero-order chi connectivity index (χ0) is 7.49. The smallest absolute Gasteiger partial charge is 0.0785 e. The second-order valence-electron chi connectivity index (χ2n) is 2.06. The topological polar surface area (TPSA) is 87.2 Å². The lowest BCUT2D eigenvalue weighted by molar-refractivity contribution is 0.206. The maximum absolute atomic E-state index is 10.6. The van der Waals surface area contributed by atoms with E-state index in [0.717, 1.165) is 0 Å². The van der Waals surface area contributed by atoms with Gasteiger partial charge in [-0.1, -0.05) is 0 Å². The number of aliphatic hydroxyl groups is 1. The molecule has 0 heterocycles. The van der Waals surface area contributed by atoms with E-state index < -0.39 is 15.8 Å². The summed E-state index contributed by atoms with van der Waals surface area (Å²) in [5.74, 6) is -0.0243. The SMILES string of the molecule is CS(=N)(=O)CC(O)CN. The van der Waals surface area contributed by atoms with E-state index in [-0.39, 0.29) is 12.3 Å². The molecule has 0 spiro atoms. The van der Waals surface area contributed by atoms with Gasteiger partial charge in [-0.2, -0.15) is 0 Å². The first kappa shape index (κ1) is 8.87. The van der Waals surface area contributed by atoms with E-state index in [9.17, 15) is 4.21 Å². The highest BCUT2D eigenvalue weighted by atomic mass is 32.2. The summed E-state index contributed by atoms with van der Waals surface area (Å²) in [7, 11) is -2.57. The van der Waals surface area contributed by atoms with Gasteiger partial charge in [0.15, 0.2) is 0 Å². The summed E-state index contributed by atoms with van der Waals surface area (Å²) in [6.07, 6.45) is 0.492. The fourth-order valence-electron chi connectivity index (χ4n) is 0.435. The highest BCUT2D eigenvalue weighted by molar-refractivity contribution is 7.91.